The monoisotopic (exact) mass is 408 g/mol. The van der Waals surface area contributed by atoms with E-state index in [9.17, 15) is 4.79 Å². The molecule has 0 spiro atoms. The molecular weight excluding hydrogens is 384 g/mol. The highest BCUT2D eigenvalue weighted by Crippen LogP contribution is 2.31. The van der Waals surface area contributed by atoms with Gasteiger partial charge in [0.15, 0.2) is 11.0 Å². The number of hydrogen-bond donors (Lipinski definition) is 1. The van der Waals surface area contributed by atoms with Gasteiger partial charge in [0.05, 0.1) is 12.4 Å². The fourth-order valence-electron chi connectivity index (χ4n) is 2.96. The molecule has 0 aliphatic heterocycles. The lowest BCUT2D eigenvalue weighted by molar-refractivity contribution is -0.120. The lowest BCUT2D eigenvalue weighted by Crippen LogP contribution is -2.32. The van der Waals surface area contributed by atoms with Crippen molar-refractivity contribution in [1.82, 2.24) is 20.1 Å². The number of methoxy groups -OCH3 is 1. The number of benzene rings is 2. The van der Waals surface area contributed by atoms with Crippen molar-refractivity contribution in [3.8, 4) is 22.8 Å². The number of amides is 1. The molecule has 1 atom stereocenters. The molecule has 1 aliphatic carbocycles. The van der Waals surface area contributed by atoms with Crippen molar-refractivity contribution in [3.63, 3.8) is 0 Å². The largest absolute Gasteiger partial charge is 0.497 e. The standard InChI is InChI=1S/C22H24N4O2S/c1-14-4-10-18(11-5-14)26-20(16-6-12-19(28-3)13-7-16)24-25-22(26)29-15(2)21(27)23-17-8-9-17/h4-7,10-13,15,17H,8-9H2,1-3H3,(H,23,27)/t15-/m1/s1. The highest BCUT2D eigenvalue weighted by molar-refractivity contribution is 8.00. The smallest absolute Gasteiger partial charge is 0.233 e. The molecule has 1 aromatic heterocycles. The van der Waals surface area contributed by atoms with Gasteiger partial charge in [-0.2, -0.15) is 0 Å². The van der Waals surface area contributed by atoms with E-state index in [0.29, 0.717) is 11.2 Å². The van der Waals surface area contributed by atoms with Gasteiger partial charge >= 0.3 is 0 Å². The number of nitrogens with one attached hydrogen (secondary N) is 1. The molecule has 0 unspecified atom stereocenters. The molecule has 7 heteroatoms. The first-order chi connectivity index (χ1) is 14.0. The normalized spacial score (nSPS) is 14.4. The SMILES string of the molecule is COc1ccc(-c2nnc(S[C@H](C)C(=O)NC3CC3)n2-c2ccc(C)cc2)cc1. The number of carbonyl (C=O) groups excluding carboxylic acids is 1. The van der Waals surface area contributed by atoms with Crippen molar-refractivity contribution in [2.75, 3.05) is 7.11 Å². The van der Waals surface area contributed by atoms with E-state index in [-0.39, 0.29) is 11.2 Å². The first-order valence-corrected chi connectivity index (χ1v) is 10.6. The molecule has 2 aromatic carbocycles. The van der Waals surface area contributed by atoms with Gasteiger partial charge in [-0.05, 0) is 63.1 Å². The van der Waals surface area contributed by atoms with Crippen LogP contribution in [-0.2, 0) is 4.79 Å². The Balaban J connectivity index is 1.69. The molecule has 150 valence electrons. The van der Waals surface area contributed by atoms with Crippen LogP contribution in [0.5, 0.6) is 5.75 Å². The quantitative estimate of drug-likeness (QED) is 0.598. The van der Waals surface area contributed by atoms with Crippen LogP contribution < -0.4 is 10.1 Å². The second kappa shape index (κ2) is 8.29. The Kier molecular flexibility index (Phi) is 5.58. The van der Waals surface area contributed by atoms with E-state index in [1.165, 1.54) is 17.3 Å². The van der Waals surface area contributed by atoms with Crippen LogP contribution in [0.4, 0.5) is 0 Å². The average molecular weight is 409 g/mol. The summed E-state index contributed by atoms with van der Waals surface area (Å²) in [5.74, 6) is 1.56. The number of hydrogen-bond acceptors (Lipinski definition) is 5. The van der Waals surface area contributed by atoms with Gasteiger partial charge in [0.2, 0.25) is 5.91 Å². The highest BCUT2D eigenvalue weighted by atomic mass is 32.2. The van der Waals surface area contributed by atoms with Crippen LogP contribution in [0.1, 0.15) is 25.3 Å². The molecule has 1 amide bonds. The molecule has 6 nitrogen and oxygen atoms in total. The molecule has 1 aliphatic rings. The van der Waals surface area contributed by atoms with E-state index in [2.05, 4.69) is 34.6 Å². The average Bonchev–Trinajstić information content (AvgIpc) is 3.46. The zero-order valence-corrected chi connectivity index (χ0v) is 17.6. The Labute approximate surface area is 174 Å². The van der Waals surface area contributed by atoms with Crippen LogP contribution in [0, 0.1) is 6.92 Å². The van der Waals surface area contributed by atoms with Crippen LogP contribution in [0.3, 0.4) is 0 Å². The highest BCUT2D eigenvalue weighted by Gasteiger charge is 2.27. The molecule has 29 heavy (non-hydrogen) atoms. The summed E-state index contributed by atoms with van der Waals surface area (Å²) in [7, 11) is 1.65. The number of rotatable bonds is 7. The summed E-state index contributed by atoms with van der Waals surface area (Å²) in [5, 5.41) is 12.4. The van der Waals surface area contributed by atoms with Gasteiger partial charge in [-0.1, -0.05) is 29.5 Å². The van der Waals surface area contributed by atoms with Crippen LogP contribution in [0.2, 0.25) is 0 Å². The molecule has 3 aromatic rings. The van der Waals surface area contributed by atoms with Gasteiger partial charge in [0.1, 0.15) is 5.75 Å². The first kappa shape index (κ1) is 19.5. The van der Waals surface area contributed by atoms with Gasteiger partial charge in [0.25, 0.3) is 0 Å². The number of thioether (sulfide) groups is 1. The summed E-state index contributed by atoms with van der Waals surface area (Å²) in [4.78, 5) is 12.4. The number of nitrogens with zero attached hydrogens (tertiary/aromatic N) is 3. The summed E-state index contributed by atoms with van der Waals surface area (Å²) in [6, 6.07) is 16.3. The maximum atomic E-state index is 12.4. The Hall–Kier alpha value is -2.80. The van der Waals surface area contributed by atoms with Crippen LogP contribution in [-0.4, -0.2) is 39.1 Å². The van der Waals surface area contributed by atoms with Crippen molar-refractivity contribution >= 4 is 17.7 Å². The molecule has 0 saturated heterocycles. The minimum Gasteiger partial charge on any atom is -0.497 e. The Morgan fingerprint density at radius 1 is 1.14 bits per heavy atom. The van der Waals surface area contributed by atoms with Crippen molar-refractivity contribution in [3.05, 3.63) is 54.1 Å². The van der Waals surface area contributed by atoms with E-state index in [0.717, 1.165) is 35.7 Å². The molecule has 1 heterocycles. The zero-order chi connectivity index (χ0) is 20.4. The summed E-state index contributed by atoms with van der Waals surface area (Å²) in [5.41, 5.74) is 3.07. The summed E-state index contributed by atoms with van der Waals surface area (Å²) < 4.78 is 7.27. The molecule has 0 bridgehead atoms. The van der Waals surface area contributed by atoms with E-state index in [1.54, 1.807) is 7.11 Å². The molecule has 4 rings (SSSR count). The maximum Gasteiger partial charge on any atom is 0.233 e. The second-order valence-corrected chi connectivity index (χ2v) is 8.56. The first-order valence-electron chi connectivity index (χ1n) is 9.69. The topological polar surface area (TPSA) is 69.0 Å². The van der Waals surface area contributed by atoms with Gasteiger partial charge in [-0.15, -0.1) is 10.2 Å². The predicted molar refractivity (Wildman–Crippen MR) is 115 cm³/mol. The van der Waals surface area contributed by atoms with E-state index < -0.39 is 0 Å². The van der Waals surface area contributed by atoms with Gasteiger partial charge in [-0.3, -0.25) is 9.36 Å². The van der Waals surface area contributed by atoms with Gasteiger partial charge < -0.3 is 10.1 Å². The Bertz CT molecular complexity index is 995. The minimum absolute atomic E-state index is 0.0435. The third kappa shape index (κ3) is 4.45. The lowest BCUT2D eigenvalue weighted by Gasteiger charge is -2.14. The van der Waals surface area contributed by atoms with Crippen LogP contribution in [0.15, 0.2) is 53.7 Å². The van der Waals surface area contributed by atoms with Crippen LogP contribution in [0.25, 0.3) is 17.1 Å². The van der Waals surface area contributed by atoms with E-state index in [1.807, 2.05) is 47.9 Å². The number of carbonyl (C=O) groups is 1. The van der Waals surface area contributed by atoms with Crippen LogP contribution >= 0.6 is 11.8 Å². The zero-order valence-electron chi connectivity index (χ0n) is 16.8. The Morgan fingerprint density at radius 3 is 2.45 bits per heavy atom. The fraction of sp³-hybridized carbons (Fsp3) is 0.318. The van der Waals surface area contributed by atoms with E-state index in [4.69, 9.17) is 4.74 Å². The third-order valence-electron chi connectivity index (χ3n) is 4.85. The minimum atomic E-state index is -0.257. The summed E-state index contributed by atoms with van der Waals surface area (Å²) >= 11 is 1.42. The lowest BCUT2D eigenvalue weighted by atomic mass is 10.2. The Morgan fingerprint density at radius 2 is 1.83 bits per heavy atom. The summed E-state index contributed by atoms with van der Waals surface area (Å²) in [6.07, 6.45) is 2.15. The van der Waals surface area contributed by atoms with Crippen molar-refractivity contribution < 1.29 is 9.53 Å². The maximum absolute atomic E-state index is 12.4. The molecule has 1 N–H and O–H groups in total. The number of aromatic nitrogens is 3. The molecule has 1 saturated carbocycles. The summed E-state index contributed by atoms with van der Waals surface area (Å²) in [6.45, 7) is 3.96. The van der Waals surface area contributed by atoms with Gasteiger partial charge in [0, 0.05) is 17.3 Å². The predicted octanol–water partition coefficient (Wildman–Crippen LogP) is 4.01. The fourth-order valence-corrected chi connectivity index (χ4v) is 3.83. The number of aryl methyl sites for hydroxylation is 1. The molecule has 1 fully saturated rings. The van der Waals surface area contributed by atoms with Crippen molar-refractivity contribution in [2.45, 2.75) is 43.1 Å². The van der Waals surface area contributed by atoms with Gasteiger partial charge in [-0.25, -0.2) is 0 Å². The molecular formula is C22H24N4O2S. The number of ether oxygens (including phenoxy) is 1. The van der Waals surface area contributed by atoms with E-state index >= 15 is 0 Å². The van der Waals surface area contributed by atoms with Crippen molar-refractivity contribution in [1.29, 1.82) is 0 Å². The van der Waals surface area contributed by atoms with Crippen molar-refractivity contribution in [2.24, 2.45) is 0 Å². The molecule has 0 radical (unpaired) electrons. The third-order valence-corrected chi connectivity index (χ3v) is 5.89. The second-order valence-electron chi connectivity index (χ2n) is 7.25.